The van der Waals surface area contributed by atoms with E-state index in [1.807, 2.05) is 31.2 Å². The number of esters is 1. The van der Waals surface area contributed by atoms with E-state index < -0.39 is 5.97 Å². The molecule has 4 aromatic carbocycles. The first-order chi connectivity index (χ1) is 22.3. The summed E-state index contributed by atoms with van der Waals surface area (Å²) in [4.78, 5) is 24.2. The van der Waals surface area contributed by atoms with Crippen LogP contribution in [0.5, 0.6) is 17.2 Å². The van der Waals surface area contributed by atoms with E-state index in [1.54, 1.807) is 31.4 Å². The van der Waals surface area contributed by atoms with Crippen molar-refractivity contribution in [3.8, 4) is 28.4 Å². The van der Waals surface area contributed by atoms with Gasteiger partial charge >= 0.3 is 5.97 Å². The van der Waals surface area contributed by atoms with Crippen molar-refractivity contribution in [2.24, 2.45) is 17.8 Å². The normalized spacial score (nSPS) is 22.9. The Morgan fingerprint density at radius 1 is 0.870 bits per heavy atom. The lowest BCUT2D eigenvalue weighted by atomic mass is 9.48. The molecule has 7 nitrogen and oxygen atoms in total. The Morgan fingerprint density at radius 3 is 2.15 bits per heavy atom. The summed E-state index contributed by atoms with van der Waals surface area (Å²) in [6.45, 7) is 4.02. The van der Waals surface area contributed by atoms with Crippen molar-refractivity contribution in [2.75, 3.05) is 25.8 Å². The number of carbonyl (C=O) groups excluding carboxylic acids is 2. The summed E-state index contributed by atoms with van der Waals surface area (Å²) in [6, 6.07) is 23.0. The Bertz CT molecular complexity index is 1730. The quantitative estimate of drug-likeness (QED) is 0.0829. The number of methoxy groups -OCH3 is 1. The van der Waals surface area contributed by atoms with E-state index in [2.05, 4.69) is 29.6 Å². The van der Waals surface area contributed by atoms with Crippen LogP contribution in [0.2, 0.25) is 0 Å². The number of amides is 1. The van der Waals surface area contributed by atoms with Crippen molar-refractivity contribution in [1.29, 1.82) is 0 Å². The molecule has 0 saturated heterocycles. The molecule has 4 fully saturated rings. The largest absolute Gasteiger partial charge is 0.496 e. The molecule has 8 rings (SSSR count). The Kier molecular flexibility index (Phi) is 8.20. The van der Waals surface area contributed by atoms with E-state index in [9.17, 15) is 9.59 Å². The SMILES string of the molecule is CCOCOc1c(-c2ccc(C(=O)Nc3ccc(OC(C)=O)cc3)cc2)ccc2cc(OC)c(C34CC5CC(CC(C5)C3)C4)cc12. The predicted octanol–water partition coefficient (Wildman–Crippen LogP) is 8.53. The summed E-state index contributed by atoms with van der Waals surface area (Å²) < 4.78 is 23.2. The molecule has 0 aliphatic heterocycles. The van der Waals surface area contributed by atoms with Gasteiger partial charge in [0, 0.05) is 41.3 Å². The Hall–Kier alpha value is -4.36. The molecule has 0 spiro atoms. The maximum Gasteiger partial charge on any atom is 0.308 e. The molecule has 4 bridgehead atoms. The molecule has 0 aromatic heterocycles. The van der Waals surface area contributed by atoms with E-state index in [0.29, 0.717) is 23.6 Å². The maximum absolute atomic E-state index is 13.1. The molecule has 1 N–H and O–H groups in total. The van der Waals surface area contributed by atoms with Crippen LogP contribution < -0.4 is 19.5 Å². The number of nitrogens with one attached hydrogen (secondary N) is 1. The fraction of sp³-hybridized carbons (Fsp3) is 0.385. The van der Waals surface area contributed by atoms with Gasteiger partial charge in [-0.2, -0.15) is 0 Å². The minimum Gasteiger partial charge on any atom is -0.496 e. The number of ether oxygens (including phenoxy) is 4. The average molecular weight is 620 g/mol. The standard InChI is InChI=1S/C39H41NO6/c1-4-44-23-45-37-33(28-5-7-29(8-6-28)38(42)40-31-10-12-32(13-11-31)46-24(2)41)14-9-30-18-36(43-3)35(19-34(30)37)39-20-25-15-26(21-39)17-27(16-25)22-39/h5-14,18-19,25-27H,4,15-17,20-23H2,1-3H3,(H,40,42). The van der Waals surface area contributed by atoms with Crippen molar-refractivity contribution in [1.82, 2.24) is 0 Å². The van der Waals surface area contributed by atoms with E-state index in [0.717, 1.165) is 51.2 Å². The molecule has 1 amide bonds. The Morgan fingerprint density at radius 2 is 1.54 bits per heavy atom. The van der Waals surface area contributed by atoms with Crippen LogP contribution >= 0.6 is 0 Å². The van der Waals surface area contributed by atoms with Gasteiger partial charge in [-0.3, -0.25) is 9.59 Å². The van der Waals surface area contributed by atoms with Crippen molar-refractivity contribution in [3.63, 3.8) is 0 Å². The summed E-state index contributed by atoms with van der Waals surface area (Å²) in [5, 5.41) is 5.03. The molecule has 46 heavy (non-hydrogen) atoms. The predicted molar refractivity (Wildman–Crippen MR) is 179 cm³/mol. The zero-order valence-electron chi connectivity index (χ0n) is 26.8. The number of carbonyl (C=O) groups is 2. The molecule has 0 unspecified atom stereocenters. The highest BCUT2D eigenvalue weighted by atomic mass is 16.7. The van der Waals surface area contributed by atoms with Gasteiger partial charge in [-0.15, -0.1) is 0 Å². The Labute approximate surface area is 270 Å². The molecule has 4 saturated carbocycles. The lowest BCUT2D eigenvalue weighted by Crippen LogP contribution is -2.48. The summed E-state index contributed by atoms with van der Waals surface area (Å²) in [5.74, 6) is 4.03. The third-order valence-corrected chi connectivity index (χ3v) is 10.2. The van der Waals surface area contributed by atoms with Crippen LogP contribution in [0.15, 0.2) is 72.8 Å². The molecular weight excluding hydrogens is 578 g/mol. The van der Waals surface area contributed by atoms with Gasteiger partial charge in [0.1, 0.15) is 17.2 Å². The van der Waals surface area contributed by atoms with E-state index in [-0.39, 0.29) is 18.1 Å². The van der Waals surface area contributed by atoms with Gasteiger partial charge in [0.15, 0.2) is 6.79 Å². The van der Waals surface area contributed by atoms with E-state index in [1.165, 1.54) is 51.0 Å². The summed E-state index contributed by atoms with van der Waals surface area (Å²) >= 11 is 0. The average Bonchev–Trinajstić information content (AvgIpc) is 3.04. The highest BCUT2D eigenvalue weighted by Crippen LogP contribution is 2.62. The summed E-state index contributed by atoms with van der Waals surface area (Å²) in [5.41, 5.74) is 4.52. The first kappa shape index (κ1) is 30.3. The van der Waals surface area contributed by atoms with Crippen molar-refractivity contribution >= 4 is 28.3 Å². The molecule has 238 valence electrons. The van der Waals surface area contributed by atoms with Gasteiger partial charge < -0.3 is 24.3 Å². The third-order valence-electron chi connectivity index (χ3n) is 10.2. The molecule has 7 heteroatoms. The molecule has 4 aliphatic carbocycles. The molecule has 0 atom stereocenters. The van der Waals surface area contributed by atoms with Crippen LogP contribution in [0.3, 0.4) is 0 Å². The highest BCUT2D eigenvalue weighted by Gasteiger charge is 2.52. The smallest absolute Gasteiger partial charge is 0.308 e. The minimum atomic E-state index is -0.391. The van der Waals surface area contributed by atoms with Crippen molar-refractivity contribution in [2.45, 2.75) is 57.8 Å². The second-order valence-corrected chi connectivity index (χ2v) is 13.3. The lowest BCUT2D eigenvalue weighted by molar-refractivity contribution is -0.131. The van der Waals surface area contributed by atoms with Gasteiger partial charge in [-0.25, -0.2) is 0 Å². The summed E-state index contributed by atoms with van der Waals surface area (Å²) in [7, 11) is 1.79. The van der Waals surface area contributed by atoms with Crippen LogP contribution in [0.25, 0.3) is 21.9 Å². The Balaban J connectivity index is 1.21. The first-order valence-electron chi connectivity index (χ1n) is 16.4. The zero-order chi connectivity index (χ0) is 31.8. The maximum atomic E-state index is 13.1. The van der Waals surface area contributed by atoms with Gasteiger partial charge in [0.25, 0.3) is 5.91 Å². The molecule has 0 heterocycles. The number of fused-ring (bicyclic) bond motifs is 1. The number of benzene rings is 4. The molecular formula is C39H41NO6. The van der Waals surface area contributed by atoms with Crippen LogP contribution in [0.4, 0.5) is 5.69 Å². The second-order valence-electron chi connectivity index (χ2n) is 13.3. The van der Waals surface area contributed by atoms with Gasteiger partial charge in [-0.05, 0) is 128 Å². The molecule has 0 radical (unpaired) electrons. The van der Waals surface area contributed by atoms with E-state index in [4.69, 9.17) is 18.9 Å². The fourth-order valence-electron chi connectivity index (χ4n) is 8.69. The van der Waals surface area contributed by atoms with Crippen LogP contribution in [0.1, 0.15) is 68.3 Å². The van der Waals surface area contributed by atoms with Gasteiger partial charge in [0.2, 0.25) is 0 Å². The third kappa shape index (κ3) is 5.84. The van der Waals surface area contributed by atoms with E-state index >= 15 is 0 Å². The first-order valence-corrected chi connectivity index (χ1v) is 16.4. The summed E-state index contributed by atoms with van der Waals surface area (Å²) in [6.07, 6.45) is 7.90. The van der Waals surface area contributed by atoms with Gasteiger partial charge in [0.05, 0.1) is 7.11 Å². The second kappa shape index (κ2) is 12.4. The molecule has 4 aliphatic rings. The number of rotatable bonds is 10. The number of anilines is 1. The lowest BCUT2D eigenvalue weighted by Gasteiger charge is -2.57. The van der Waals surface area contributed by atoms with Crippen molar-refractivity contribution < 1.29 is 28.5 Å². The molecule has 4 aromatic rings. The van der Waals surface area contributed by atoms with Crippen LogP contribution in [0, 0.1) is 17.8 Å². The number of hydrogen-bond acceptors (Lipinski definition) is 6. The van der Waals surface area contributed by atoms with Gasteiger partial charge in [-0.1, -0.05) is 24.3 Å². The zero-order valence-corrected chi connectivity index (χ0v) is 26.8. The van der Waals surface area contributed by atoms with Crippen LogP contribution in [-0.2, 0) is 14.9 Å². The van der Waals surface area contributed by atoms with Crippen LogP contribution in [-0.4, -0.2) is 32.4 Å². The number of hydrogen-bond donors (Lipinski definition) is 1. The monoisotopic (exact) mass is 619 g/mol. The minimum absolute atomic E-state index is 0.151. The highest BCUT2D eigenvalue weighted by molar-refractivity contribution is 6.05. The van der Waals surface area contributed by atoms with Crippen molar-refractivity contribution in [3.05, 3.63) is 83.9 Å². The topological polar surface area (TPSA) is 83.1 Å². The fourth-order valence-corrected chi connectivity index (χ4v) is 8.69.